The van der Waals surface area contributed by atoms with Crippen molar-refractivity contribution in [1.29, 1.82) is 0 Å². The Morgan fingerprint density at radius 3 is 2.49 bits per heavy atom. The van der Waals surface area contributed by atoms with Gasteiger partial charge in [0, 0.05) is 65.4 Å². The summed E-state index contributed by atoms with van der Waals surface area (Å²) in [5.74, 6) is 0.777. The summed E-state index contributed by atoms with van der Waals surface area (Å²) in [5, 5.41) is 15.1. The Morgan fingerprint density at radius 2 is 1.62 bits per heavy atom. The lowest BCUT2D eigenvalue weighted by Gasteiger charge is -2.41. The summed E-state index contributed by atoms with van der Waals surface area (Å²) < 4.78 is 9.68. The van der Waals surface area contributed by atoms with Crippen molar-refractivity contribution < 1.29 is 14.6 Å². The number of fused-ring (bicyclic) bond motifs is 4. The highest BCUT2D eigenvalue weighted by molar-refractivity contribution is 5.85. The Bertz CT molecular complexity index is 1470. The number of hydrogen-bond acceptors (Lipinski definition) is 4. The molecule has 2 aromatic carbocycles. The molecular weight excluding hydrogens is 460 g/mol. The van der Waals surface area contributed by atoms with E-state index in [1.165, 1.54) is 62.5 Å². The van der Waals surface area contributed by atoms with Crippen LogP contribution in [-0.4, -0.2) is 32.1 Å². The molecule has 1 saturated carbocycles. The number of carbonyl (C=O) groups excluding carboxylic acids is 1. The van der Waals surface area contributed by atoms with Gasteiger partial charge >= 0.3 is 0 Å². The first-order valence-corrected chi connectivity index (χ1v) is 14.8. The molecule has 0 radical (unpaired) electrons. The zero-order chi connectivity index (χ0) is 24.7. The van der Waals surface area contributed by atoms with Gasteiger partial charge in [0.05, 0.1) is 5.56 Å². The number of carboxylic acids is 1. The number of nitrogens with zero attached hydrogens (tertiary/aromatic N) is 2. The largest absolute Gasteiger partial charge is 0.550 e. The predicted molar refractivity (Wildman–Crippen MR) is 142 cm³/mol. The van der Waals surface area contributed by atoms with Crippen LogP contribution in [0.25, 0.3) is 5.57 Å². The van der Waals surface area contributed by atoms with Crippen molar-refractivity contribution in [2.75, 3.05) is 31.1 Å². The maximum atomic E-state index is 12.5. The number of aliphatic carboxylic acids is 1. The van der Waals surface area contributed by atoms with Crippen molar-refractivity contribution in [3.8, 4) is 11.5 Å². The van der Waals surface area contributed by atoms with E-state index in [-0.39, 0.29) is 5.92 Å². The van der Waals surface area contributed by atoms with E-state index in [9.17, 15) is 9.90 Å². The molecule has 8 rings (SSSR count). The summed E-state index contributed by atoms with van der Waals surface area (Å²) in [5.41, 5.74) is 9.51. The minimum Gasteiger partial charge on any atom is -0.550 e. The molecular formula is C32H36N2O3. The van der Waals surface area contributed by atoms with E-state index in [0.717, 1.165) is 102 Å². The van der Waals surface area contributed by atoms with E-state index in [1.807, 2.05) is 0 Å². The lowest BCUT2D eigenvalue weighted by atomic mass is 9.71. The molecule has 0 saturated heterocycles. The minimum atomic E-state index is -0.872. The fourth-order valence-electron chi connectivity index (χ4n) is 8.70. The molecule has 5 aliphatic heterocycles. The topological polar surface area (TPSA) is 55.6 Å². The average Bonchev–Trinajstić information content (AvgIpc) is 2.93. The van der Waals surface area contributed by atoms with E-state index < -0.39 is 11.9 Å². The van der Waals surface area contributed by atoms with Crippen molar-refractivity contribution in [2.24, 2.45) is 11.8 Å². The number of hydrogen-bond donors (Lipinski definition) is 0. The summed E-state index contributed by atoms with van der Waals surface area (Å²) >= 11 is 0. The first-order chi connectivity index (χ1) is 18.2. The van der Waals surface area contributed by atoms with Crippen LogP contribution in [0.15, 0.2) is 12.1 Å². The molecule has 0 bridgehead atoms. The highest BCUT2D eigenvalue weighted by Crippen LogP contribution is 2.50. The van der Waals surface area contributed by atoms with Gasteiger partial charge in [-0.3, -0.25) is 0 Å². The van der Waals surface area contributed by atoms with Crippen molar-refractivity contribution >= 4 is 17.2 Å². The molecule has 5 heterocycles. The predicted octanol–water partition coefficient (Wildman–Crippen LogP) is 2.63. The molecule has 2 aromatic rings. The zero-order valence-corrected chi connectivity index (χ0v) is 21.7. The summed E-state index contributed by atoms with van der Waals surface area (Å²) in [7, 11) is 0. The molecule has 192 valence electrons. The van der Waals surface area contributed by atoms with E-state index >= 15 is 0 Å². The second kappa shape index (κ2) is 8.34. The molecule has 6 aliphatic rings. The van der Waals surface area contributed by atoms with Gasteiger partial charge in [-0.05, 0) is 80.6 Å². The molecule has 0 spiro atoms. The smallest absolute Gasteiger partial charge is 0.210 e. The van der Waals surface area contributed by atoms with Gasteiger partial charge in [-0.1, -0.05) is 12.8 Å². The van der Waals surface area contributed by atoms with Gasteiger partial charge in [0.1, 0.15) is 24.6 Å². The number of aryl methyl sites for hydroxylation is 2. The number of carbonyl (C=O) groups is 1. The van der Waals surface area contributed by atoms with Gasteiger partial charge in [0.15, 0.2) is 0 Å². The third-order valence-electron chi connectivity index (χ3n) is 10.2. The Kier molecular flexibility index (Phi) is 5.00. The van der Waals surface area contributed by atoms with Crippen molar-refractivity contribution in [1.82, 2.24) is 4.58 Å². The molecule has 2 atom stereocenters. The highest BCUT2D eigenvalue weighted by atomic mass is 16.5. The van der Waals surface area contributed by atoms with Crippen LogP contribution in [0.3, 0.4) is 0 Å². The number of rotatable bonds is 2. The van der Waals surface area contributed by atoms with E-state index in [0.29, 0.717) is 0 Å². The lowest BCUT2D eigenvalue weighted by Crippen LogP contribution is -2.46. The third-order valence-corrected chi connectivity index (χ3v) is 10.2. The number of ether oxygens (including phenoxy) is 1. The normalized spacial score (nSPS) is 25.5. The summed E-state index contributed by atoms with van der Waals surface area (Å²) in [4.78, 5) is 15.1. The van der Waals surface area contributed by atoms with Gasteiger partial charge in [-0.15, -0.1) is 0 Å². The van der Waals surface area contributed by atoms with Crippen LogP contribution >= 0.6 is 0 Å². The fraction of sp³-hybridized carbons (Fsp3) is 0.562. The first-order valence-electron chi connectivity index (χ1n) is 14.8. The van der Waals surface area contributed by atoms with Gasteiger partial charge in [-0.25, -0.2) is 4.58 Å². The van der Waals surface area contributed by atoms with Crippen molar-refractivity contribution in [3.05, 3.63) is 50.5 Å². The SMILES string of the molecule is O=C([O-])C1CCCCC1C1=c2cc3c4c(c2Oc2c1cc1c5c2CCCN5CCC1)CCC[N+]=4CCC3. The molecule has 5 heteroatoms. The van der Waals surface area contributed by atoms with Gasteiger partial charge < -0.3 is 19.5 Å². The molecule has 0 N–H and O–H groups in total. The van der Waals surface area contributed by atoms with Crippen molar-refractivity contribution in [2.45, 2.75) is 77.0 Å². The van der Waals surface area contributed by atoms with E-state index in [4.69, 9.17) is 4.74 Å². The molecule has 1 aliphatic carbocycles. The van der Waals surface area contributed by atoms with Crippen LogP contribution in [0.4, 0.5) is 5.69 Å². The van der Waals surface area contributed by atoms with Gasteiger partial charge in [-0.2, -0.15) is 0 Å². The molecule has 2 unspecified atom stereocenters. The Labute approximate surface area is 218 Å². The van der Waals surface area contributed by atoms with Gasteiger partial charge in [0.2, 0.25) is 5.36 Å². The highest BCUT2D eigenvalue weighted by Gasteiger charge is 2.39. The molecule has 37 heavy (non-hydrogen) atoms. The van der Waals surface area contributed by atoms with Crippen LogP contribution < -0.4 is 29.9 Å². The maximum Gasteiger partial charge on any atom is 0.210 e. The Hall–Kier alpha value is -2.82. The third kappa shape index (κ3) is 3.21. The first kappa shape index (κ1) is 22.2. The molecule has 0 aromatic heterocycles. The Balaban J connectivity index is 1.48. The van der Waals surface area contributed by atoms with E-state index in [1.54, 1.807) is 0 Å². The number of carboxylic acid groups (broad SMARTS) is 1. The number of anilines is 1. The van der Waals surface area contributed by atoms with Crippen LogP contribution in [0.1, 0.15) is 79.2 Å². The minimum absolute atomic E-state index is 0.0118. The van der Waals surface area contributed by atoms with E-state index in [2.05, 4.69) is 21.6 Å². The second-order valence-corrected chi connectivity index (χ2v) is 12.2. The van der Waals surface area contributed by atoms with Gasteiger partial charge in [0.25, 0.3) is 0 Å². The maximum absolute atomic E-state index is 12.5. The zero-order valence-electron chi connectivity index (χ0n) is 21.7. The van der Waals surface area contributed by atoms with Crippen LogP contribution in [0, 0.1) is 11.8 Å². The fourth-order valence-corrected chi connectivity index (χ4v) is 8.70. The average molecular weight is 497 g/mol. The summed E-state index contributed by atoms with van der Waals surface area (Å²) in [6.07, 6.45) is 12.7. The Morgan fingerprint density at radius 1 is 0.865 bits per heavy atom. The molecule has 0 amide bonds. The van der Waals surface area contributed by atoms with Crippen LogP contribution in [0.2, 0.25) is 0 Å². The summed E-state index contributed by atoms with van der Waals surface area (Å²) in [6, 6.07) is 4.81. The monoisotopic (exact) mass is 496 g/mol. The lowest BCUT2D eigenvalue weighted by molar-refractivity contribution is -0.313. The quantitative estimate of drug-likeness (QED) is 0.600. The van der Waals surface area contributed by atoms with Crippen molar-refractivity contribution in [3.63, 3.8) is 0 Å². The second-order valence-electron chi connectivity index (χ2n) is 12.2. The molecule has 5 nitrogen and oxygen atoms in total. The van der Waals surface area contributed by atoms with Crippen LogP contribution in [0.5, 0.6) is 11.5 Å². The molecule has 1 fully saturated rings. The number of benzene rings is 2. The van der Waals surface area contributed by atoms with Crippen LogP contribution in [-0.2, 0) is 30.5 Å². The standard InChI is InChI=1S/C32H36N2O3/c35-32(36)22-10-2-1-9-21(22)27-25-17-19-7-3-13-33-15-5-11-23(28(19)33)30(25)37-31-24-12-6-16-34-14-4-8-20(29(24)34)18-26(27)31/h17-18,21-22H,1-16H2. The summed E-state index contributed by atoms with van der Waals surface area (Å²) in [6.45, 7) is 4.54.